The number of anilines is 1. The Balaban J connectivity index is 1.83. The van der Waals surface area contributed by atoms with E-state index in [1.807, 2.05) is 43.9 Å². The SMILES string of the molecule is CN(CCCC(=O)N1CCCc2ccccc21)C(=O)OC(C)(C)C. The zero-order valence-corrected chi connectivity index (χ0v) is 15.2. The number of benzene rings is 1. The fourth-order valence-electron chi connectivity index (χ4n) is 2.83. The minimum absolute atomic E-state index is 0.125. The van der Waals surface area contributed by atoms with Crippen LogP contribution in [0.25, 0.3) is 0 Å². The largest absolute Gasteiger partial charge is 0.444 e. The van der Waals surface area contributed by atoms with Crippen molar-refractivity contribution in [2.24, 2.45) is 0 Å². The van der Waals surface area contributed by atoms with E-state index in [0.717, 1.165) is 25.1 Å². The fourth-order valence-corrected chi connectivity index (χ4v) is 2.83. The molecule has 1 aliphatic heterocycles. The molecule has 0 saturated carbocycles. The molecule has 1 heterocycles. The summed E-state index contributed by atoms with van der Waals surface area (Å²) >= 11 is 0. The van der Waals surface area contributed by atoms with Crippen LogP contribution < -0.4 is 4.90 Å². The lowest BCUT2D eigenvalue weighted by molar-refractivity contribution is -0.118. The highest BCUT2D eigenvalue weighted by Gasteiger charge is 2.23. The number of carbonyl (C=O) groups excluding carboxylic acids is 2. The molecule has 0 radical (unpaired) electrons. The summed E-state index contributed by atoms with van der Waals surface area (Å²) in [6.07, 6.45) is 2.75. The summed E-state index contributed by atoms with van der Waals surface area (Å²) in [7, 11) is 1.70. The Morgan fingerprint density at radius 1 is 1.25 bits per heavy atom. The summed E-state index contributed by atoms with van der Waals surface area (Å²) in [6.45, 7) is 6.82. The van der Waals surface area contributed by atoms with Gasteiger partial charge in [0.2, 0.25) is 5.91 Å². The van der Waals surface area contributed by atoms with Crippen molar-refractivity contribution in [3.05, 3.63) is 29.8 Å². The van der Waals surface area contributed by atoms with Gasteiger partial charge in [-0.15, -0.1) is 0 Å². The first kappa shape index (κ1) is 18.3. The predicted octanol–water partition coefficient (Wildman–Crippen LogP) is 3.61. The molecule has 0 spiro atoms. The van der Waals surface area contributed by atoms with Crippen molar-refractivity contribution in [1.82, 2.24) is 4.90 Å². The molecule has 5 heteroatoms. The number of amides is 2. The topological polar surface area (TPSA) is 49.9 Å². The van der Waals surface area contributed by atoms with Crippen molar-refractivity contribution in [3.63, 3.8) is 0 Å². The van der Waals surface area contributed by atoms with Gasteiger partial charge in [-0.05, 0) is 51.7 Å². The lowest BCUT2D eigenvalue weighted by Gasteiger charge is -2.30. The molecular weight excluding hydrogens is 304 g/mol. The Morgan fingerprint density at radius 2 is 1.96 bits per heavy atom. The molecule has 1 aliphatic rings. The summed E-state index contributed by atoms with van der Waals surface area (Å²) in [5, 5.41) is 0. The summed E-state index contributed by atoms with van der Waals surface area (Å²) in [6, 6.07) is 8.09. The number of fused-ring (bicyclic) bond motifs is 1. The molecule has 0 N–H and O–H groups in total. The van der Waals surface area contributed by atoms with E-state index in [-0.39, 0.29) is 12.0 Å². The van der Waals surface area contributed by atoms with Crippen LogP contribution in [-0.4, -0.2) is 42.6 Å². The number of carbonyl (C=O) groups is 2. The molecule has 0 bridgehead atoms. The zero-order valence-electron chi connectivity index (χ0n) is 15.2. The monoisotopic (exact) mass is 332 g/mol. The smallest absolute Gasteiger partial charge is 0.410 e. The fraction of sp³-hybridized carbons (Fsp3) is 0.579. The average molecular weight is 332 g/mol. The number of hydrogen-bond acceptors (Lipinski definition) is 3. The van der Waals surface area contributed by atoms with Crippen molar-refractivity contribution < 1.29 is 14.3 Å². The van der Waals surface area contributed by atoms with Crippen LogP contribution in [0.1, 0.15) is 45.6 Å². The molecule has 0 unspecified atom stereocenters. The summed E-state index contributed by atoms with van der Waals surface area (Å²) in [5.74, 6) is 0.125. The van der Waals surface area contributed by atoms with E-state index >= 15 is 0 Å². The van der Waals surface area contributed by atoms with E-state index in [1.165, 1.54) is 10.5 Å². The van der Waals surface area contributed by atoms with Gasteiger partial charge in [0.1, 0.15) is 5.60 Å². The Kier molecular flexibility index (Phi) is 5.86. The summed E-state index contributed by atoms with van der Waals surface area (Å²) in [4.78, 5) is 27.9. The Bertz CT molecular complexity index is 593. The standard InChI is InChI=1S/C19H28N2O3/c1-19(2,3)24-18(23)20(4)13-8-12-17(22)21-14-7-10-15-9-5-6-11-16(15)21/h5-6,9,11H,7-8,10,12-14H2,1-4H3. The number of para-hydroxylation sites is 1. The molecule has 0 atom stereocenters. The van der Waals surface area contributed by atoms with E-state index < -0.39 is 5.60 Å². The van der Waals surface area contributed by atoms with Crippen LogP contribution in [0.3, 0.4) is 0 Å². The minimum Gasteiger partial charge on any atom is -0.444 e. The average Bonchev–Trinajstić information content (AvgIpc) is 2.52. The number of ether oxygens (including phenoxy) is 1. The van der Waals surface area contributed by atoms with Crippen molar-refractivity contribution >= 4 is 17.7 Å². The maximum atomic E-state index is 12.5. The highest BCUT2D eigenvalue weighted by atomic mass is 16.6. The molecule has 1 aromatic carbocycles. The van der Waals surface area contributed by atoms with Crippen LogP contribution in [0, 0.1) is 0 Å². The van der Waals surface area contributed by atoms with Crippen LogP contribution in [-0.2, 0) is 16.0 Å². The third-order valence-corrected chi connectivity index (χ3v) is 4.00. The zero-order chi connectivity index (χ0) is 17.7. The molecule has 0 fully saturated rings. The second-order valence-corrected chi connectivity index (χ2v) is 7.28. The molecule has 132 valence electrons. The van der Waals surface area contributed by atoms with Gasteiger partial charge in [0.25, 0.3) is 0 Å². The second kappa shape index (κ2) is 7.69. The molecule has 0 aromatic heterocycles. The van der Waals surface area contributed by atoms with Crippen molar-refractivity contribution in [2.75, 3.05) is 25.0 Å². The van der Waals surface area contributed by atoms with Crippen molar-refractivity contribution in [1.29, 1.82) is 0 Å². The molecule has 2 amide bonds. The summed E-state index contributed by atoms with van der Waals surface area (Å²) in [5.41, 5.74) is 1.77. The van der Waals surface area contributed by atoms with Gasteiger partial charge >= 0.3 is 6.09 Å². The molecule has 24 heavy (non-hydrogen) atoms. The molecule has 1 aromatic rings. The lowest BCUT2D eigenvalue weighted by Crippen LogP contribution is -2.37. The number of aryl methyl sites for hydroxylation is 1. The maximum absolute atomic E-state index is 12.5. The Hall–Kier alpha value is -2.04. The van der Waals surface area contributed by atoms with Crippen LogP contribution in [0.15, 0.2) is 24.3 Å². The Morgan fingerprint density at radius 3 is 2.67 bits per heavy atom. The highest BCUT2D eigenvalue weighted by molar-refractivity contribution is 5.94. The summed E-state index contributed by atoms with van der Waals surface area (Å²) < 4.78 is 5.31. The normalized spacial score (nSPS) is 14.1. The predicted molar refractivity (Wildman–Crippen MR) is 95.2 cm³/mol. The number of hydrogen-bond donors (Lipinski definition) is 0. The van der Waals surface area contributed by atoms with Gasteiger partial charge in [-0.3, -0.25) is 4.79 Å². The lowest BCUT2D eigenvalue weighted by atomic mass is 10.0. The first-order chi connectivity index (χ1) is 11.3. The van der Waals surface area contributed by atoms with Gasteiger partial charge in [-0.2, -0.15) is 0 Å². The minimum atomic E-state index is -0.501. The second-order valence-electron chi connectivity index (χ2n) is 7.28. The molecular formula is C19H28N2O3. The third-order valence-electron chi connectivity index (χ3n) is 4.00. The van der Waals surface area contributed by atoms with Crippen LogP contribution in [0.5, 0.6) is 0 Å². The van der Waals surface area contributed by atoms with Crippen molar-refractivity contribution in [3.8, 4) is 0 Å². The number of rotatable bonds is 4. The Labute approximate surface area is 144 Å². The van der Waals surface area contributed by atoms with Gasteiger partial charge < -0.3 is 14.5 Å². The van der Waals surface area contributed by atoms with Gasteiger partial charge in [0, 0.05) is 32.2 Å². The first-order valence-corrected chi connectivity index (χ1v) is 8.60. The molecule has 5 nitrogen and oxygen atoms in total. The molecule has 0 aliphatic carbocycles. The van der Waals surface area contributed by atoms with Gasteiger partial charge in [0.15, 0.2) is 0 Å². The van der Waals surface area contributed by atoms with Crippen LogP contribution in [0.4, 0.5) is 10.5 Å². The maximum Gasteiger partial charge on any atom is 0.410 e. The van der Waals surface area contributed by atoms with E-state index in [4.69, 9.17) is 4.74 Å². The van der Waals surface area contributed by atoms with E-state index in [1.54, 1.807) is 7.05 Å². The van der Waals surface area contributed by atoms with Gasteiger partial charge in [-0.1, -0.05) is 18.2 Å². The van der Waals surface area contributed by atoms with Crippen LogP contribution >= 0.6 is 0 Å². The van der Waals surface area contributed by atoms with E-state index in [2.05, 4.69) is 6.07 Å². The number of nitrogens with zero attached hydrogens (tertiary/aromatic N) is 2. The highest BCUT2D eigenvalue weighted by Crippen LogP contribution is 2.27. The third kappa shape index (κ3) is 4.98. The first-order valence-electron chi connectivity index (χ1n) is 8.60. The quantitative estimate of drug-likeness (QED) is 0.846. The van der Waals surface area contributed by atoms with Crippen LogP contribution in [0.2, 0.25) is 0 Å². The molecule has 2 rings (SSSR count). The van der Waals surface area contributed by atoms with Crippen molar-refractivity contribution in [2.45, 2.75) is 52.1 Å². The van der Waals surface area contributed by atoms with E-state index in [9.17, 15) is 9.59 Å². The molecule has 0 saturated heterocycles. The van der Waals surface area contributed by atoms with Gasteiger partial charge in [0.05, 0.1) is 0 Å². The van der Waals surface area contributed by atoms with E-state index in [0.29, 0.717) is 19.4 Å². The van der Waals surface area contributed by atoms with Gasteiger partial charge in [-0.25, -0.2) is 4.79 Å².